The number of ether oxygens (including phenoxy) is 2. The summed E-state index contributed by atoms with van der Waals surface area (Å²) in [6.07, 6.45) is 8.65. The van der Waals surface area contributed by atoms with Gasteiger partial charge in [0, 0.05) is 13.0 Å². The molecule has 2 bridgehead atoms. The molecule has 10 nitrogen and oxygen atoms in total. The van der Waals surface area contributed by atoms with E-state index in [4.69, 9.17) is 9.47 Å². The molecule has 2 N–H and O–H groups in total. The minimum absolute atomic E-state index is 0.0602. The molecule has 0 aromatic carbocycles. The standard InChI is InChI=1S/C28H38BrN3O7/c29-20-12-13-23-31(25(20)33)14-5-1-2-7-17-10-6-11-22(17)39-28(37)30-24(18-8-3-4-9-18)26(34)32-16-19(38-23)15-21(32)27(35)36/h12-13,17-19,21-22,24H,1-11,14-16H2,(H,30,37)(H,35,36)/t17-,19-,21+,22-,24+/m1/s1. The van der Waals surface area contributed by atoms with Gasteiger partial charge in [0.2, 0.25) is 5.91 Å². The molecule has 2 amide bonds. The number of pyridine rings is 1. The number of alkyl carbamates (subject to hydrolysis) is 1. The highest BCUT2D eigenvalue weighted by atomic mass is 79.9. The van der Waals surface area contributed by atoms with E-state index in [0.717, 1.165) is 70.6 Å². The predicted octanol–water partition coefficient (Wildman–Crippen LogP) is 4.07. The van der Waals surface area contributed by atoms with Crippen molar-refractivity contribution in [3.8, 4) is 5.88 Å². The Bertz CT molecular complexity index is 1130. The van der Waals surface area contributed by atoms with E-state index in [1.54, 1.807) is 16.7 Å². The highest BCUT2D eigenvalue weighted by Crippen LogP contribution is 2.34. The quantitative estimate of drug-likeness (QED) is 0.518. The minimum atomic E-state index is -1.12. The minimum Gasteiger partial charge on any atom is -0.480 e. The molecule has 1 aromatic rings. The van der Waals surface area contributed by atoms with Crippen LogP contribution in [0.15, 0.2) is 21.4 Å². The number of hydrogen-bond acceptors (Lipinski definition) is 6. The van der Waals surface area contributed by atoms with E-state index in [1.807, 2.05) is 0 Å². The van der Waals surface area contributed by atoms with Crippen molar-refractivity contribution in [1.82, 2.24) is 14.8 Å². The van der Waals surface area contributed by atoms with Gasteiger partial charge in [-0.1, -0.05) is 25.7 Å². The van der Waals surface area contributed by atoms with Crippen LogP contribution in [0.2, 0.25) is 0 Å². The molecule has 1 aromatic heterocycles. The monoisotopic (exact) mass is 607 g/mol. The first-order chi connectivity index (χ1) is 18.8. The molecule has 0 spiro atoms. The normalized spacial score (nSPS) is 30.9. The zero-order chi connectivity index (χ0) is 27.5. The van der Waals surface area contributed by atoms with Gasteiger partial charge in [-0.3, -0.25) is 14.2 Å². The van der Waals surface area contributed by atoms with Crippen LogP contribution in [0.4, 0.5) is 4.79 Å². The van der Waals surface area contributed by atoms with E-state index in [-0.39, 0.29) is 36.5 Å². The van der Waals surface area contributed by atoms with Gasteiger partial charge >= 0.3 is 12.1 Å². The van der Waals surface area contributed by atoms with E-state index < -0.39 is 36.2 Å². The molecule has 4 aliphatic rings. The largest absolute Gasteiger partial charge is 0.480 e. The highest BCUT2D eigenvalue weighted by molar-refractivity contribution is 9.10. The van der Waals surface area contributed by atoms with Crippen LogP contribution in [0.3, 0.4) is 0 Å². The van der Waals surface area contributed by atoms with Crippen molar-refractivity contribution in [2.75, 3.05) is 6.54 Å². The average molecular weight is 609 g/mol. The summed E-state index contributed by atoms with van der Waals surface area (Å²) in [4.78, 5) is 53.5. The van der Waals surface area contributed by atoms with Crippen LogP contribution < -0.4 is 15.6 Å². The van der Waals surface area contributed by atoms with Crippen molar-refractivity contribution >= 4 is 33.9 Å². The molecule has 3 fully saturated rings. The molecule has 1 saturated heterocycles. The Labute approximate surface area is 236 Å². The topological polar surface area (TPSA) is 127 Å². The Hall–Kier alpha value is -2.56. The van der Waals surface area contributed by atoms with Gasteiger partial charge in [-0.05, 0) is 84.8 Å². The number of nitrogens with one attached hydrogen (secondary N) is 1. The average Bonchev–Trinajstić information content (AvgIpc) is 3.67. The fraction of sp³-hybridized carbons (Fsp3) is 0.714. The van der Waals surface area contributed by atoms with Crippen molar-refractivity contribution in [2.45, 2.75) is 108 Å². The molecular weight excluding hydrogens is 570 g/mol. The molecule has 2 aliphatic carbocycles. The fourth-order valence-corrected chi connectivity index (χ4v) is 7.22. The number of carboxylic acid groups (broad SMARTS) is 1. The van der Waals surface area contributed by atoms with Crippen LogP contribution in [0.25, 0.3) is 0 Å². The third-order valence-electron chi connectivity index (χ3n) is 8.92. The third-order valence-corrected chi connectivity index (χ3v) is 9.52. The van der Waals surface area contributed by atoms with Crippen LogP contribution in [0.1, 0.15) is 77.0 Å². The van der Waals surface area contributed by atoms with Crippen LogP contribution in [0.5, 0.6) is 5.88 Å². The summed E-state index contributed by atoms with van der Waals surface area (Å²) in [6, 6.07) is 1.43. The maximum Gasteiger partial charge on any atom is 0.408 e. The highest BCUT2D eigenvalue weighted by Gasteiger charge is 2.46. The Kier molecular flexibility index (Phi) is 8.83. The number of aliphatic carboxylic acids is 1. The number of rotatable bonds is 2. The number of carbonyl (C=O) groups is 3. The SMILES string of the molecule is O=C1N[C@@H](C2CCCC2)C(=O)N2C[C@@H](C[C@H]2C(=O)O)Oc2ccc(Br)c(=O)n2CCCCC[C@@H]2CCC[C@H]2O1. The number of carboxylic acids is 1. The number of amides is 2. The van der Waals surface area contributed by atoms with Gasteiger partial charge in [0.25, 0.3) is 5.56 Å². The van der Waals surface area contributed by atoms with Gasteiger partial charge in [-0.15, -0.1) is 0 Å². The van der Waals surface area contributed by atoms with E-state index >= 15 is 0 Å². The summed E-state index contributed by atoms with van der Waals surface area (Å²) in [5.41, 5.74) is -0.198. The van der Waals surface area contributed by atoms with Crippen molar-refractivity contribution in [3.05, 3.63) is 27.0 Å². The lowest BCUT2D eigenvalue weighted by atomic mass is 9.96. The first-order valence-corrected chi connectivity index (χ1v) is 15.2. The second-order valence-corrected chi connectivity index (χ2v) is 12.3. The van der Waals surface area contributed by atoms with Gasteiger partial charge in [-0.25, -0.2) is 9.59 Å². The number of fused-ring (bicyclic) bond motifs is 4. The van der Waals surface area contributed by atoms with Crippen molar-refractivity contribution in [2.24, 2.45) is 11.8 Å². The smallest absolute Gasteiger partial charge is 0.408 e. The van der Waals surface area contributed by atoms with Gasteiger partial charge in [0.1, 0.15) is 24.3 Å². The summed E-state index contributed by atoms with van der Waals surface area (Å²) >= 11 is 3.32. The Morgan fingerprint density at radius 2 is 1.64 bits per heavy atom. The van der Waals surface area contributed by atoms with Crippen LogP contribution in [0, 0.1) is 11.8 Å². The molecule has 2 saturated carbocycles. The first-order valence-electron chi connectivity index (χ1n) is 14.4. The molecule has 2 aliphatic heterocycles. The molecule has 0 unspecified atom stereocenters. The lowest BCUT2D eigenvalue weighted by Crippen LogP contribution is -2.55. The van der Waals surface area contributed by atoms with Crippen LogP contribution >= 0.6 is 15.9 Å². The summed E-state index contributed by atoms with van der Waals surface area (Å²) in [5, 5.41) is 12.9. The van der Waals surface area contributed by atoms with Gasteiger partial charge in [0.05, 0.1) is 11.0 Å². The van der Waals surface area contributed by atoms with Gasteiger partial charge in [0.15, 0.2) is 5.88 Å². The van der Waals surface area contributed by atoms with Crippen LogP contribution in [-0.2, 0) is 20.9 Å². The molecule has 5 rings (SSSR count). The van der Waals surface area contributed by atoms with Gasteiger partial charge in [-0.2, -0.15) is 0 Å². The summed E-state index contributed by atoms with van der Waals surface area (Å²) in [5.74, 6) is -0.943. The summed E-state index contributed by atoms with van der Waals surface area (Å²) in [6.45, 7) is 0.535. The lowest BCUT2D eigenvalue weighted by molar-refractivity contribution is -0.149. The number of carbonyl (C=O) groups excluding carboxylic acids is 2. The zero-order valence-corrected chi connectivity index (χ0v) is 23.8. The van der Waals surface area contributed by atoms with E-state index in [1.165, 1.54) is 4.90 Å². The van der Waals surface area contributed by atoms with Crippen molar-refractivity contribution < 1.29 is 29.0 Å². The van der Waals surface area contributed by atoms with Crippen molar-refractivity contribution in [1.29, 1.82) is 0 Å². The lowest BCUT2D eigenvalue weighted by Gasteiger charge is -2.31. The van der Waals surface area contributed by atoms with Crippen molar-refractivity contribution in [3.63, 3.8) is 0 Å². The Morgan fingerprint density at radius 1 is 0.923 bits per heavy atom. The Morgan fingerprint density at radius 3 is 2.41 bits per heavy atom. The zero-order valence-electron chi connectivity index (χ0n) is 22.2. The third kappa shape index (κ3) is 6.28. The number of halogens is 1. The second-order valence-electron chi connectivity index (χ2n) is 11.4. The maximum absolute atomic E-state index is 13.9. The molecule has 11 heteroatoms. The summed E-state index contributed by atoms with van der Waals surface area (Å²) < 4.78 is 14.1. The molecular formula is C28H38BrN3O7. The second kappa shape index (κ2) is 12.3. The van der Waals surface area contributed by atoms with Gasteiger partial charge < -0.3 is 24.8 Å². The molecule has 0 radical (unpaired) electrons. The van der Waals surface area contributed by atoms with Crippen LogP contribution in [-0.4, -0.2) is 63.4 Å². The van der Waals surface area contributed by atoms with E-state index in [2.05, 4.69) is 21.2 Å². The Balaban J connectivity index is 1.45. The first kappa shape index (κ1) is 28.0. The fourth-order valence-electron chi connectivity index (χ4n) is 6.87. The maximum atomic E-state index is 13.9. The van der Waals surface area contributed by atoms with E-state index in [9.17, 15) is 24.3 Å². The number of hydrogen-bond donors (Lipinski definition) is 2. The van der Waals surface area contributed by atoms with E-state index in [0.29, 0.717) is 16.9 Å². The number of aromatic nitrogens is 1. The number of nitrogens with zero attached hydrogens (tertiary/aromatic N) is 2. The molecule has 39 heavy (non-hydrogen) atoms. The predicted molar refractivity (Wildman–Crippen MR) is 146 cm³/mol. The molecule has 5 atom stereocenters. The molecule has 3 heterocycles. The molecule has 214 valence electrons. The summed E-state index contributed by atoms with van der Waals surface area (Å²) in [7, 11) is 0.